The van der Waals surface area contributed by atoms with Crippen LogP contribution < -0.4 is 0 Å². The Bertz CT molecular complexity index is 250. The first-order chi connectivity index (χ1) is 5.79. The highest BCUT2D eigenvalue weighted by molar-refractivity contribution is 5.89. The number of fused-ring (bicyclic) bond motifs is 1. The summed E-state index contributed by atoms with van der Waals surface area (Å²) in [7, 11) is 0. The average Bonchev–Trinajstić information content (AvgIpc) is 2.31. The number of hydrogen-bond donors (Lipinski definition) is 0. The van der Waals surface area contributed by atoms with Gasteiger partial charge in [0, 0.05) is 12.3 Å². The molecule has 2 rings (SSSR count). The quantitative estimate of drug-likeness (QED) is 0.573. The maximum Gasteiger partial charge on any atom is 0.140 e. The lowest BCUT2D eigenvalue weighted by molar-refractivity contribution is -0.120. The Morgan fingerprint density at radius 1 is 1.25 bits per heavy atom. The molecular weight excluding hydrogens is 148 g/mol. The first kappa shape index (κ1) is 8.03. The molecule has 0 aromatic heterocycles. The summed E-state index contributed by atoms with van der Waals surface area (Å²) < 4.78 is 0. The van der Waals surface area contributed by atoms with Crippen molar-refractivity contribution in [2.45, 2.75) is 39.5 Å². The molecule has 0 radical (unpaired) electrons. The third-order valence-corrected chi connectivity index (χ3v) is 3.45. The second kappa shape index (κ2) is 2.72. The van der Waals surface area contributed by atoms with Crippen molar-refractivity contribution in [3.05, 3.63) is 11.1 Å². The molecule has 1 nitrogen and oxygen atoms in total. The van der Waals surface area contributed by atoms with Crippen LogP contribution in [-0.4, -0.2) is 5.78 Å². The van der Waals surface area contributed by atoms with Crippen LogP contribution in [0.1, 0.15) is 39.5 Å². The van der Waals surface area contributed by atoms with E-state index >= 15 is 0 Å². The van der Waals surface area contributed by atoms with Crippen LogP contribution in [0, 0.1) is 11.8 Å². The molecule has 0 saturated heterocycles. The fourth-order valence-electron chi connectivity index (χ4n) is 2.93. The Hall–Kier alpha value is -0.590. The zero-order chi connectivity index (χ0) is 8.72. The molecule has 2 aliphatic carbocycles. The molecule has 0 aromatic carbocycles. The van der Waals surface area contributed by atoms with Crippen molar-refractivity contribution >= 4 is 5.78 Å². The van der Waals surface area contributed by atoms with Gasteiger partial charge in [-0.3, -0.25) is 4.79 Å². The van der Waals surface area contributed by atoms with E-state index in [0.29, 0.717) is 17.6 Å². The predicted molar refractivity (Wildman–Crippen MR) is 48.8 cm³/mol. The molecule has 0 bridgehead atoms. The van der Waals surface area contributed by atoms with E-state index < -0.39 is 0 Å². The molecule has 0 heterocycles. The van der Waals surface area contributed by atoms with Crippen molar-refractivity contribution < 1.29 is 4.79 Å². The van der Waals surface area contributed by atoms with Crippen LogP contribution in [0.25, 0.3) is 0 Å². The molecule has 1 fully saturated rings. The second-order valence-corrected chi connectivity index (χ2v) is 3.85. The minimum atomic E-state index is 0.366. The molecule has 1 saturated carbocycles. The summed E-state index contributed by atoms with van der Waals surface area (Å²) in [6.07, 6.45) is 4.23. The van der Waals surface area contributed by atoms with E-state index in [1.54, 1.807) is 5.57 Å². The first-order valence-electron chi connectivity index (χ1n) is 5.04. The molecular formula is C11H16O. The highest BCUT2D eigenvalue weighted by atomic mass is 16.1. The summed E-state index contributed by atoms with van der Waals surface area (Å²) in [5.74, 6) is 1.54. The molecule has 2 aliphatic rings. The van der Waals surface area contributed by atoms with Crippen molar-refractivity contribution in [1.82, 2.24) is 0 Å². The Morgan fingerprint density at radius 3 is 2.50 bits per heavy atom. The predicted octanol–water partition coefficient (Wildman–Crippen LogP) is 2.71. The number of carbonyl (C=O) groups excluding carboxylic acids is 1. The number of carbonyl (C=O) groups is 1. The van der Waals surface area contributed by atoms with Crippen molar-refractivity contribution in [3.63, 3.8) is 0 Å². The minimum absolute atomic E-state index is 0.366. The molecule has 0 spiro atoms. The van der Waals surface area contributed by atoms with Crippen LogP contribution in [0.15, 0.2) is 11.1 Å². The Morgan fingerprint density at radius 2 is 1.92 bits per heavy atom. The summed E-state index contributed by atoms with van der Waals surface area (Å²) in [4.78, 5) is 11.4. The van der Waals surface area contributed by atoms with Gasteiger partial charge in [0.25, 0.3) is 0 Å². The standard InChI is InChI=1S/C11H16O/c1-3-7-8(4-2)11-9(7)5-6-10(11)12/h9,11H,3-6H2,1-2H3. The lowest BCUT2D eigenvalue weighted by Gasteiger charge is -2.36. The number of Topliss-reactive ketones (excluding diaryl/α,β-unsaturated/α-hetero) is 1. The third-order valence-electron chi connectivity index (χ3n) is 3.45. The number of rotatable bonds is 2. The molecule has 0 N–H and O–H groups in total. The molecule has 2 unspecified atom stereocenters. The average molecular weight is 164 g/mol. The van der Waals surface area contributed by atoms with Gasteiger partial charge in [0.1, 0.15) is 5.78 Å². The Balaban J connectivity index is 2.27. The van der Waals surface area contributed by atoms with E-state index in [9.17, 15) is 4.79 Å². The third kappa shape index (κ3) is 0.825. The molecule has 66 valence electrons. The summed E-state index contributed by atoms with van der Waals surface area (Å²) in [5.41, 5.74) is 3.08. The smallest absolute Gasteiger partial charge is 0.140 e. The van der Waals surface area contributed by atoms with E-state index in [1.165, 1.54) is 5.57 Å². The van der Waals surface area contributed by atoms with Gasteiger partial charge in [-0.2, -0.15) is 0 Å². The maximum absolute atomic E-state index is 11.4. The van der Waals surface area contributed by atoms with Crippen LogP contribution in [0.3, 0.4) is 0 Å². The SMILES string of the molecule is CCC1=C(CC)C2C(=O)CCC12. The van der Waals surface area contributed by atoms with Crippen LogP contribution in [0.2, 0.25) is 0 Å². The van der Waals surface area contributed by atoms with E-state index in [0.717, 1.165) is 25.7 Å². The molecule has 2 atom stereocenters. The largest absolute Gasteiger partial charge is 0.299 e. The normalized spacial score (nSPS) is 33.7. The van der Waals surface area contributed by atoms with E-state index in [4.69, 9.17) is 0 Å². The summed E-state index contributed by atoms with van der Waals surface area (Å²) in [5, 5.41) is 0. The number of allylic oxidation sites excluding steroid dienone is 2. The fourth-order valence-corrected chi connectivity index (χ4v) is 2.93. The van der Waals surface area contributed by atoms with Gasteiger partial charge in [0.05, 0.1) is 0 Å². The van der Waals surface area contributed by atoms with Crippen LogP contribution in [-0.2, 0) is 4.79 Å². The van der Waals surface area contributed by atoms with Gasteiger partial charge in [0.15, 0.2) is 0 Å². The van der Waals surface area contributed by atoms with Gasteiger partial charge in [-0.15, -0.1) is 0 Å². The lowest BCUT2D eigenvalue weighted by Crippen LogP contribution is -2.30. The molecule has 1 heteroatoms. The molecule has 0 aliphatic heterocycles. The zero-order valence-corrected chi connectivity index (χ0v) is 7.89. The lowest BCUT2D eigenvalue weighted by atomic mass is 9.67. The van der Waals surface area contributed by atoms with Crippen molar-refractivity contribution in [2.24, 2.45) is 11.8 Å². The van der Waals surface area contributed by atoms with Crippen LogP contribution in [0.5, 0.6) is 0 Å². The minimum Gasteiger partial charge on any atom is -0.299 e. The summed E-state index contributed by atoms with van der Waals surface area (Å²) >= 11 is 0. The fraction of sp³-hybridized carbons (Fsp3) is 0.727. The van der Waals surface area contributed by atoms with E-state index in [-0.39, 0.29) is 0 Å². The first-order valence-corrected chi connectivity index (χ1v) is 5.04. The Labute approximate surface area is 73.8 Å². The zero-order valence-electron chi connectivity index (χ0n) is 7.89. The second-order valence-electron chi connectivity index (χ2n) is 3.85. The summed E-state index contributed by atoms with van der Waals surface area (Å²) in [6.45, 7) is 4.39. The molecule has 0 amide bonds. The molecule has 0 aromatic rings. The highest BCUT2D eigenvalue weighted by Gasteiger charge is 2.46. The van der Waals surface area contributed by atoms with Crippen molar-refractivity contribution in [2.75, 3.05) is 0 Å². The van der Waals surface area contributed by atoms with Gasteiger partial charge in [-0.05, 0) is 25.2 Å². The van der Waals surface area contributed by atoms with Gasteiger partial charge >= 0.3 is 0 Å². The number of ketones is 1. The van der Waals surface area contributed by atoms with Crippen molar-refractivity contribution in [3.8, 4) is 0 Å². The topological polar surface area (TPSA) is 17.1 Å². The Kier molecular flexibility index (Phi) is 1.82. The van der Waals surface area contributed by atoms with Crippen LogP contribution in [0.4, 0.5) is 0 Å². The van der Waals surface area contributed by atoms with Gasteiger partial charge < -0.3 is 0 Å². The maximum atomic E-state index is 11.4. The molecule has 12 heavy (non-hydrogen) atoms. The monoisotopic (exact) mass is 164 g/mol. The van der Waals surface area contributed by atoms with Crippen LogP contribution >= 0.6 is 0 Å². The van der Waals surface area contributed by atoms with E-state index in [2.05, 4.69) is 13.8 Å². The number of hydrogen-bond acceptors (Lipinski definition) is 1. The van der Waals surface area contributed by atoms with Crippen molar-refractivity contribution in [1.29, 1.82) is 0 Å². The van der Waals surface area contributed by atoms with E-state index in [1.807, 2.05) is 0 Å². The van der Waals surface area contributed by atoms with Gasteiger partial charge in [-0.25, -0.2) is 0 Å². The highest BCUT2D eigenvalue weighted by Crippen LogP contribution is 2.51. The van der Waals surface area contributed by atoms with Gasteiger partial charge in [-0.1, -0.05) is 25.0 Å². The summed E-state index contributed by atoms with van der Waals surface area (Å²) in [6, 6.07) is 0. The van der Waals surface area contributed by atoms with Gasteiger partial charge in [0.2, 0.25) is 0 Å².